The lowest BCUT2D eigenvalue weighted by atomic mass is 10.0. The summed E-state index contributed by atoms with van der Waals surface area (Å²) in [7, 11) is 0. The number of rotatable bonds is 9. The van der Waals surface area contributed by atoms with E-state index < -0.39 is 0 Å². The summed E-state index contributed by atoms with van der Waals surface area (Å²) < 4.78 is 0. The SMILES string of the molecule is CC(=O)CC(=O)CCCCCCc1ccc2c(n1)NCCC2. The van der Waals surface area contributed by atoms with Gasteiger partial charge in [-0.2, -0.15) is 0 Å². The Balaban J connectivity index is 1.61. The number of aryl methyl sites for hydroxylation is 2. The van der Waals surface area contributed by atoms with Crippen molar-refractivity contribution < 1.29 is 9.59 Å². The molecule has 1 N–H and O–H groups in total. The van der Waals surface area contributed by atoms with Gasteiger partial charge >= 0.3 is 0 Å². The Bertz CT molecular complexity index is 526. The molecule has 0 aliphatic carbocycles. The summed E-state index contributed by atoms with van der Waals surface area (Å²) in [5, 5.41) is 3.37. The molecule has 4 heteroatoms. The van der Waals surface area contributed by atoms with Crippen LogP contribution in [0.5, 0.6) is 0 Å². The largest absolute Gasteiger partial charge is 0.370 e. The third-order valence-corrected chi connectivity index (χ3v) is 4.04. The summed E-state index contributed by atoms with van der Waals surface area (Å²) in [6.07, 6.45) is 8.12. The minimum Gasteiger partial charge on any atom is -0.370 e. The highest BCUT2D eigenvalue weighted by molar-refractivity contribution is 5.97. The molecule has 2 rings (SSSR count). The van der Waals surface area contributed by atoms with Crippen molar-refractivity contribution in [2.45, 2.75) is 64.7 Å². The van der Waals surface area contributed by atoms with E-state index in [-0.39, 0.29) is 18.0 Å². The predicted molar refractivity (Wildman–Crippen MR) is 88.1 cm³/mol. The molecule has 0 saturated heterocycles. The van der Waals surface area contributed by atoms with Gasteiger partial charge in [0.15, 0.2) is 0 Å². The molecule has 0 radical (unpaired) electrons. The van der Waals surface area contributed by atoms with Gasteiger partial charge in [0.2, 0.25) is 0 Å². The van der Waals surface area contributed by atoms with Crippen molar-refractivity contribution in [1.82, 2.24) is 4.98 Å². The summed E-state index contributed by atoms with van der Waals surface area (Å²) >= 11 is 0. The number of carbonyl (C=O) groups excluding carboxylic acids is 2. The van der Waals surface area contributed by atoms with E-state index in [0.717, 1.165) is 56.6 Å². The molecule has 0 saturated carbocycles. The second kappa shape index (κ2) is 8.66. The smallest absolute Gasteiger partial charge is 0.140 e. The third-order valence-electron chi connectivity index (χ3n) is 4.04. The lowest BCUT2D eigenvalue weighted by Crippen LogP contribution is -2.13. The van der Waals surface area contributed by atoms with Crippen LogP contribution in [0.1, 0.15) is 63.1 Å². The normalized spacial score (nSPS) is 13.3. The first-order valence-corrected chi connectivity index (χ1v) is 8.39. The zero-order valence-corrected chi connectivity index (χ0v) is 13.5. The summed E-state index contributed by atoms with van der Waals surface area (Å²) in [4.78, 5) is 26.9. The van der Waals surface area contributed by atoms with Crippen LogP contribution in [0.2, 0.25) is 0 Å². The first kappa shape index (κ1) is 16.7. The molecule has 0 aromatic carbocycles. The van der Waals surface area contributed by atoms with Gasteiger partial charge in [0.1, 0.15) is 17.4 Å². The highest BCUT2D eigenvalue weighted by Gasteiger charge is 2.10. The fourth-order valence-corrected chi connectivity index (χ4v) is 2.86. The van der Waals surface area contributed by atoms with Gasteiger partial charge in [0.25, 0.3) is 0 Å². The molecule has 4 nitrogen and oxygen atoms in total. The van der Waals surface area contributed by atoms with Crippen LogP contribution < -0.4 is 5.32 Å². The molecule has 0 atom stereocenters. The number of hydrogen-bond acceptors (Lipinski definition) is 4. The summed E-state index contributed by atoms with van der Waals surface area (Å²) in [5.41, 5.74) is 2.49. The van der Waals surface area contributed by atoms with Crippen LogP contribution in [0, 0.1) is 0 Å². The molecule has 1 aromatic rings. The standard InChI is InChI=1S/C18H26N2O2/c1-14(21)13-17(22)9-5-3-2-4-8-16-11-10-15-7-6-12-19-18(15)20-16/h10-11H,2-9,12-13H2,1H3,(H,19,20). The molecule has 1 aromatic heterocycles. The van der Waals surface area contributed by atoms with Crippen molar-refractivity contribution >= 4 is 17.4 Å². The number of pyridine rings is 1. The fourth-order valence-electron chi connectivity index (χ4n) is 2.86. The van der Waals surface area contributed by atoms with Crippen molar-refractivity contribution in [2.24, 2.45) is 0 Å². The van der Waals surface area contributed by atoms with Crippen LogP contribution in [-0.2, 0) is 22.4 Å². The summed E-state index contributed by atoms with van der Waals surface area (Å²) in [6, 6.07) is 4.34. The van der Waals surface area contributed by atoms with Gasteiger partial charge in [-0.3, -0.25) is 9.59 Å². The summed E-state index contributed by atoms with van der Waals surface area (Å²) in [5.74, 6) is 1.12. The molecule has 22 heavy (non-hydrogen) atoms. The number of nitrogens with one attached hydrogen (secondary N) is 1. The van der Waals surface area contributed by atoms with Crippen molar-refractivity contribution in [2.75, 3.05) is 11.9 Å². The predicted octanol–water partition coefficient (Wildman–Crippen LogP) is 3.48. The maximum Gasteiger partial charge on any atom is 0.140 e. The molecule has 0 unspecified atom stereocenters. The number of unbranched alkanes of at least 4 members (excludes halogenated alkanes) is 3. The number of nitrogens with zero attached hydrogens (tertiary/aromatic N) is 1. The Morgan fingerprint density at radius 2 is 2.00 bits per heavy atom. The van der Waals surface area contributed by atoms with Gasteiger partial charge in [-0.05, 0) is 50.7 Å². The van der Waals surface area contributed by atoms with Crippen molar-refractivity contribution in [1.29, 1.82) is 0 Å². The van der Waals surface area contributed by atoms with E-state index in [1.807, 2.05) is 0 Å². The number of fused-ring (bicyclic) bond motifs is 1. The van der Waals surface area contributed by atoms with Crippen LogP contribution >= 0.6 is 0 Å². The molecule has 1 aliphatic rings. The molecular formula is C18H26N2O2. The molecule has 0 fully saturated rings. The van der Waals surface area contributed by atoms with Crippen LogP contribution in [0.4, 0.5) is 5.82 Å². The number of anilines is 1. The van der Waals surface area contributed by atoms with Gasteiger partial charge in [-0.25, -0.2) is 4.98 Å². The molecule has 2 heterocycles. The van der Waals surface area contributed by atoms with Gasteiger partial charge in [-0.15, -0.1) is 0 Å². The second-order valence-corrected chi connectivity index (χ2v) is 6.17. The average Bonchev–Trinajstić information content (AvgIpc) is 2.50. The van der Waals surface area contributed by atoms with E-state index in [1.165, 1.54) is 18.9 Å². The van der Waals surface area contributed by atoms with Gasteiger partial charge in [0.05, 0.1) is 6.42 Å². The lowest BCUT2D eigenvalue weighted by molar-refractivity contribution is -0.125. The molecular weight excluding hydrogens is 276 g/mol. The van der Waals surface area contributed by atoms with E-state index in [4.69, 9.17) is 0 Å². The molecule has 0 bridgehead atoms. The van der Waals surface area contributed by atoms with Crippen LogP contribution in [0.15, 0.2) is 12.1 Å². The number of aromatic nitrogens is 1. The molecule has 1 aliphatic heterocycles. The average molecular weight is 302 g/mol. The third kappa shape index (κ3) is 5.58. The highest BCUT2D eigenvalue weighted by atomic mass is 16.1. The fraction of sp³-hybridized carbons (Fsp3) is 0.611. The van der Waals surface area contributed by atoms with E-state index in [1.54, 1.807) is 0 Å². The Labute approximate surface area is 132 Å². The molecule has 0 spiro atoms. The van der Waals surface area contributed by atoms with Crippen LogP contribution in [0.25, 0.3) is 0 Å². The Morgan fingerprint density at radius 1 is 1.18 bits per heavy atom. The molecule has 120 valence electrons. The van der Waals surface area contributed by atoms with Gasteiger partial charge in [0, 0.05) is 18.7 Å². The Hall–Kier alpha value is -1.71. The zero-order valence-electron chi connectivity index (χ0n) is 13.5. The highest BCUT2D eigenvalue weighted by Crippen LogP contribution is 2.20. The maximum absolute atomic E-state index is 11.4. The minimum atomic E-state index is -0.0305. The lowest BCUT2D eigenvalue weighted by Gasteiger charge is -2.17. The second-order valence-electron chi connectivity index (χ2n) is 6.17. The number of hydrogen-bond donors (Lipinski definition) is 1. The first-order valence-electron chi connectivity index (χ1n) is 8.39. The van der Waals surface area contributed by atoms with Crippen LogP contribution in [-0.4, -0.2) is 23.1 Å². The van der Waals surface area contributed by atoms with Crippen molar-refractivity contribution in [3.05, 3.63) is 23.4 Å². The van der Waals surface area contributed by atoms with E-state index in [2.05, 4.69) is 22.4 Å². The summed E-state index contributed by atoms with van der Waals surface area (Å²) in [6.45, 7) is 2.50. The molecule has 0 amide bonds. The number of carbonyl (C=O) groups is 2. The van der Waals surface area contributed by atoms with E-state index >= 15 is 0 Å². The number of ketones is 2. The van der Waals surface area contributed by atoms with Crippen molar-refractivity contribution in [3.63, 3.8) is 0 Å². The van der Waals surface area contributed by atoms with E-state index in [0.29, 0.717) is 6.42 Å². The quantitative estimate of drug-likeness (QED) is 0.560. The topological polar surface area (TPSA) is 59.1 Å². The monoisotopic (exact) mass is 302 g/mol. The van der Waals surface area contributed by atoms with Crippen LogP contribution in [0.3, 0.4) is 0 Å². The van der Waals surface area contributed by atoms with Gasteiger partial charge in [-0.1, -0.05) is 18.9 Å². The minimum absolute atomic E-state index is 0.0305. The van der Waals surface area contributed by atoms with Crippen molar-refractivity contribution in [3.8, 4) is 0 Å². The maximum atomic E-state index is 11.4. The number of Topliss-reactive ketones (excluding diaryl/α,β-unsaturated/α-hetero) is 2. The zero-order chi connectivity index (χ0) is 15.8. The van der Waals surface area contributed by atoms with E-state index in [9.17, 15) is 9.59 Å². The van der Waals surface area contributed by atoms with Gasteiger partial charge < -0.3 is 5.32 Å². The first-order chi connectivity index (χ1) is 10.6. The Kier molecular flexibility index (Phi) is 6.56. The Morgan fingerprint density at radius 3 is 2.82 bits per heavy atom.